The summed E-state index contributed by atoms with van der Waals surface area (Å²) in [5, 5.41) is 11.2. The second-order valence-corrected chi connectivity index (χ2v) is 7.57. The number of rotatable bonds is 4. The molecule has 3 aromatic carbocycles. The smallest absolute Gasteiger partial charge is 0.0831 e. The fourth-order valence-corrected chi connectivity index (χ4v) is 3.93. The van der Waals surface area contributed by atoms with Gasteiger partial charge in [0.05, 0.1) is 6.61 Å². The minimum absolute atomic E-state index is 0.0781. The molecule has 3 N–H and O–H groups in total. The van der Waals surface area contributed by atoms with Gasteiger partial charge in [-0.15, -0.1) is 11.8 Å². The maximum absolute atomic E-state index is 8.81. The number of aromatic nitrogens is 2. The highest BCUT2D eigenvalue weighted by molar-refractivity contribution is 7.98. The summed E-state index contributed by atoms with van der Waals surface area (Å²) >= 11 is 1.86. The first-order valence-electron chi connectivity index (χ1n) is 9.24. The van der Waals surface area contributed by atoms with E-state index >= 15 is 0 Å². The Labute approximate surface area is 168 Å². The predicted molar refractivity (Wildman–Crippen MR) is 119 cm³/mol. The number of aromatic amines is 2. The highest BCUT2D eigenvalue weighted by Crippen LogP contribution is 2.24. The van der Waals surface area contributed by atoms with Crippen molar-refractivity contribution < 1.29 is 5.11 Å². The summed E-state index contributed by atoms with van der Waals surface area (Å²) in [6.45, 7) is 0.0781. The predicted octanol–water partition coefficient (Wildman–Crippen LogP) is 6.12. The Morgan fingerprint density at radius 2 is 1.18 bits per heavy atom. The zero-order valence-corrected chi connectivity index (χ0v) is 16.2. The Bertz CT molecular complexity index is 1090. The average molecular weight is 387 g/mol. The summed E-state index contributed by atoms with van der Waals surface area (Å²) in [7, 11) is 0. The van der Waals surface area contributed by atoms with Crippen molar-refractivity contribution >= 4 is 33.6 Å². The number of hydrogen-bond donors (Lipinski definition) is 3. The van der Waals surface area contributed by atoms with E-state index in [9.17, 15) is 0 Å². The molecule has 0 aliphatic carbocycles. The molecule has 0 atom stereocenters. The fraction of sp³-hybridized carbons (Fsp3) is 0.0833. The van der Waals surface area contributed by atoms with E-state index < -0.39 is 0 Å². The van der Waals surface area contributed by atoms with Crippen LogP contribution >= 0.6 is 11.8 Å². The van der Waals surface area contributed by atoms with E-state index in [2.05, 4.69) is 64.6 Å². The number of H-pyrrole nitrogens is 2. The number of aliphatic hydroxyl groups is 1. The molecule has 4 heteroatoms. The molecule has 5 rings (SSSR count). The highest BCUT2D eigenvalue weighted by atomic mass is 32.2. The normalized spacial score (nSPS) is 10.8. The standard InChI is InChI=1S/C15H13NS.C9H9NO/c1-2-7-14(8-3-1)17-11-13-10-12-6-4-5-9-15(12)16-13;11-6-8-5-7-3-1-2-4-9(7)10-8/h1-10,16H,11H2;1-5,10-11H,6H2. The van der Waals surface area contributed by atoms with Gasteiger partial charge in [-0.05, 0) is 47.2 Å². The molecular weight excluding hydrogens is 364 g/mol. The molecule has 2 aromatic heterocycles. The van der Waals surface area contributed by atoms with Crippen LogP contribution in [-0.4, -0.2) is 15.1 Å². The molecule has 0 aliphatic heterocycles. The summed E-state index contributed by atoms with van der Waals surface area (Å²) in [5.41, 5.74) is 4.44. The number of thioether (sulfide) groups is 1. The molecule has 0 saturated carbocycles. The fourth-order valence-electron chi connectivity index (χ4n) is 3.11. The van der Waals surface area contributed by atoms with Crippen molar-refractivity contribution in [2.45, 2.75) is 17.3 Å². The molecule has 3 nitrogen and oxygen atoms in total. The van der Waals surface area contributed by atoms with Crippen molar-refractivity contribution in [2.24, 2.45) is 0 Å². The third kappa shape index (κ3) is 4.47. The lowest BCUT2D eigenvalue weighted by Crippen LogP contribution is -1.79. The van der Waals surface area contributed by atoms with Crippen LogP contribution in [-0.2, 0) is 12.4 Å². The quantitative estimate of drug-likeness (QED) is 0.326. The first-order chi connectivity index (χ1) is 13.8. The third-order valence-electron chi connectivity index (χ3n) is 4.48. The molecule has 140 valence electrons. The zero-order valence-electron chi connectivity index (χ0n) is 15.4. The molecule has 0 saturated heterocycles. The number of fused-ring (bicyclic) bond motifs is 2. The zero-order chi connectivity index (χ0) is 19.2. The van der Waals surface area contributed by atoms with Crippen LogP contribution in [0.25, 0.3) is 21.8 Å². The third-order valence-corrected chi connectivity index (χ3v) is 5.54. The van der Waals surface area contributed by atoms with Gasteiger partial charge in [0, 0.05) is 33.1 Å². The van der Waals surface area contributed by atoms with E-state index in [1.165, 1.54) is 21.5 Å². The summed E-state index contributed by atoms with van der Waals surface area (Å²) in [6, 6.07) is 31.0. The second kappa shape index (κ2) is 8.83. The molecule has 0 fully saturated rings. The van der Waals surface area contributed by atoms with Gasteiger partial charge < -0.3 is 15.1 Å². The van der Waals surface area contributed by atoms with Crippen LogP contribution in [0.4, 0.5) is 0 Å². The molecular formula is C24H22N2OS. The van der Waals surface area contributed by atoms with Crippen molar-refractivity contribution in [1.29, 1.82) is 0 Å². The Hall–Kier alpha value is -2.95. The SMILES string of the molecule is OCc1cc2ccccc2[nH]1.c1ccc(SCc2cc3ccccc3[nH]2)cc1. The van der Waals surface area contributed by atoms with E-state index in [0.717, 1.165) is 22.3 Å². The van der Waals surface area contributed by atoms with Gasteiger partial charge in [0.2, 0.25) is 0 Å². The van der Waals surface area contributed by atoms with Gasteiger partial charge in [-0.3, -0.25) is 0 Å². The molecule has 0 aliphatic rings. The lowest BCUT2D eigenvalue weighted by molar-refractivity contribution is 0.278. The van der Waals surface area contributed by atoms with E-state index in [1.807, 2.05) is 48.2 Å². The number of benzene rings is 3. The van der Waals surface area contributed by atoms with Crippen LogP contribution in [0.3, 0.4) is 0 Å². The topological polar surface area (TPSA) is 51.8 Å². The number of para-hydroxylation sites is 2. The molecule has 2 heterocycles. The van der Waals surface area contributed by atoms with Crippen LogP contribution in [0, 0.1) is 0 Å². The summed E-state index contributed by atoms with van der Waals surface area (Å²) in [6.07, 6.45) is 0. The monoisotopic (exact) mass is 386 g/mol. The van der Waals surface area contributed by atoms with Crippen molar-refractivity contribution in [1.82, 2.24) is 9.97 Å². The highest BCUT2D eigenvalue weighted by Gasteiger charge is 2.00. The lowest BCUT2D eigenvalue weighted by Gasteiger charge is -1.98. The maximum atomic E-state index is 8.81. The van der Waals surface area contributed by atoms with Gasteiger partial charge in [-0.1, -0.05) is 54.6 Å². The maximum Gasteiger partial charge on any atom is 0.0831 e. The minimum atomic E-state index is 0.0781. The van der Waals surface area contributed by atoms with Crippen LogP contribution in [0.15, 0.2) is 95.9 Å². The van der Waals surface area contributed by atoms with Crippen LogP contribution < -0.4 is 0 Å². The average Bonchev–Trinajstić information content (AvgIpc) is 3.37. The Kier molecular flexibility index (Phi) is 5.80. The van der Waals surface area contributed by atoms with Gasteiger partial charge in [-0.2, -0.15) is 0 Å². The van der Waals surface area contributed by atoms with E-state index in [-0.39, 0.29) is 6.61 Å². The molecule has 0 unspecified atom stereocenters. The Balaban J connectivity index is 0.000000151. The molecule has 0 amide bonds. The molecule has 28 heavy (non-hydrogen) atoms. The number of hydrogen-bond acceptors (Lipinski definition) is 2. The minimum Gasteiger partial charge on any atom is -0.390 e. The summed E-state index contributed by atoms with van der Waals surface area (Å²) in [4.78, 5) is 7.85. The van der Waals surface area contributed by atoms with Gasteiger partial charge >= 0.3 is 0 Å². The van der Waals surface area contributed by atoms with Crippen molar-refractivity contribution in [2.75, 3.05) is 0 Å². The van der Waals surface area contributed by atoms with Gasteiger partial charge in [-0.25, -0.2) is 0 Å². The Morgan fingerprint density at radius 3 is 1.79 bits per heavy atom. The van der Waals surface area contributed by atoms with Crippen LogP contribution in [0.5, 0.6) is 0 Å². The van der Waals surface area contributed by atoms with Crippen molar-refractivity contribution in [3.63, 3.8) is 0 Å². The van der Waals surface area contributed by atoms with Gasteiger partial charge in [0.1, 0.15) is 0 Å². The first-order valence-corrected chi connectivity index (χ1v) is 10.2. The first kappa shape index (κ1) is 18.4. The van der Waals surface area contributed by atoms with E-state index in [0.29, 0.717) is 0 Å². The Morgan fingerprint density at radius 1 is 0.643 bits per heavy atom. The molecule has 0 spiro atoms. The summed E-state index contributed by atoms with van der Waals surface area (Å²) < 4.78 is 0. The van der Waals surface area contributed by atoms with Crippen molar-refractivity contribution in [3.8, 4) is 0 Å². The number of nitrogens with one attached hydrogen (secondary N) is 2. The van der Waals surface area contributed by atoms with Gasteiger partial charge in [0.15, 0.2) is 0 Å². The van der Waals surface area contributed by atoms with Crippen LogP contribution in [0.2, 0.25) is 0 Å². The largest absolute Gasteiger partial charge is 0.390 e. The van der Waals surface area contributed by atoms with E-state index in [4.69, 9.17) is 5.11 Å². The second-order valence-electron chi connectivity index (χ2n) is 6.52. The van der Waals surface area contributed by atoms with Crippen LogP contribution in [0.1, 0.15) is 11.4 Å². The molecule has 0 radical (unpaired) electrons. The van der Waals surface area contributed by atoms with E-state index in [1.54, 1.807) is 0 Å². The van der Waals surface area contributed by atoms with Crippen molar-refractivity contribution in [3.05, 3.63) is 102 Å². The number of aliphatic hydroxyl groups excluding tert-OH is 1. The lowest BCUT2D eigenvalue weighted by atomic mass is 10.2. The van der Waals surface area contributed by atoms with Gasteiger partial charge in [0.25, 0.3) is 0 Å². The molecule has 0 bridgehead atoms. The molecule has 5 aromatic rings. The summed E-state index contributed by atoms with van der Waals surface area (Å²) in [5.74, 6) is 0.985.